The van der Waals surface area contributed by atoms with Crippen molar-refractivity contribution in [3.8, 4) is 5.75 Å². The average molecular weight is 293 g/mol. The van der Waals surface area contributed by atoms with E-state index in [1.165, 1.54) is 6.07 Å². The van der Waals surface area contributed by atoms with Gasteiger partial charge in [-0.3, -0.25) is 4.79 Å². The first-order valence-electron chi connectivity index (χ1n) is 7.20. The number of nitrogens with one attached hydrogen (secondary N) is 1. The first-order chi connectivity index (χ1) is 9.90. The minimum absolute atomic E-state index is 0.0668. The quantitative estimate of drug-likeness (QED) is 0.810. The standard InChI is InChI=1S/C16H23NO4/c1-5-12(6-2)17-15(18)11(4)21-14-10(3)8-7-9-13(14)16(19)20/h7-9,11-12H,5-6H2,1-4H3,(H,17,18)(H,19,20). The molecule has 0 saturated heterocycles. The van der Waals surface area contributed by atoms with Crippen molar-refractivity contribution in [2.24, 2.45) is 0 Å². The van der Waals surface area contributed by atoms with Gasteiger partial charge in [0.25, 0.3) is 5.91 Å². The molecule has 0 bridgehead atoms. The van der Waals surface area contributed by atoms with Crippen molar-refractivity contribution >= 4 is 11.9 Å². The number of hydrogen-bond donors (Lipinski definition) is 2. The number of hydrogen-bond acceptors (Lipinski definition) is 3. The Kier molecular flexibility index (Phi) is 6.21. The van der Waals surface area contributed by atoms with Crippen LogP contribution in [-0.4, -0.2) is 29.1 Å². The Balaban J connectivity index is 2.86. The highest BCUT2D eigenvalue weighted by molar-refractivity contribution is 5.91. The molecule has 1 aromatic rings. The zero-order chi connectivity index (χ0) is 16.0. The lowest BCUT2D eigenvalue weighted by Crippen LogP contribution is -2.42. The summed E-state index contributed by atoms with van der Waals surface area (Å²) in [6, 6.07) is 4.99. The minimum atomic E-state index is -1.07. The van der Waals surface area contributed by atoms with E-state index in [4.69, 9.17) is 4.74 Å². The van der Waals surface area contributed by atoms with E-state index < -0.39 is 12.1 Å². The molecule has 0 fully saturated rings. The van der Waals surface area contributed by atoms with Gasteiger partial charge in [-0.05, 0) is 38.3 Å². The molecule has 1 amide bonds. The highest BCUT2D eigenvalue weighted by Crippen LogP contribution is 2.24. The zero-order valence-electron chi connectivity index (χ0n) is 13.0. The number of aryl methyl sites for hydroxylation is 1. The van der Waals surface area contributed by atoms with Gasteiger partial charge in [-0.15, -0.1) is 0 Å². The molecular weight excluding hydrogens is 270 g/mol. The number of benzene rings is 1. The molecule has 116 valence electrons. The van der Waals surface area contributed by atoms with E-state index in [0.717, 1.165) is 12.8 Å². The molecule has 21 heavy (non-hydrogen) atoms. The minimum Gasteiger partial charge on any atom is -0.480 e. The van der Waals surface area contributed by atoms with Crippen LogP contribution in [0.25, 0.3) is 0 Å². The van der Waals surface area contributed by atoms with Crippen LogP contribution in [0.1, 0.15) is 49.5 Å². The summed E-state index contributed by atoms with van der Waals surface area (Å²) < 4.78 is 5.60. The number of carbonyl (C=O) groups excluding carboxylic acids is 1. The van der Waals surface area contributed by atoms with Crippen LogP contribution in [0.5, 0.6) is 5.75 Å². The molecule has 2 N–H and O–H groups in total. The molecule has 5 heteroatoms. The van der Waals surface area contributed by atoms with Gasteiger partial charge < -0.3 is 15.2 Å². The van der Waals surface area contributed by atoms with E-state index in [1.54, 1.807) is 26.0 Å². The zero-order valence-corrected chi connectivity index (χ0v) is 13.0. The summed E-state index contributed by atoms with van der Waals surface area (Å²) in [5, 5.41) is 12.1. The number of para-hydroxylation sites is 1. The summed E-state index contributed by atoms with van der Waals surface area (Å²) in [4.78, 5) is 23.3. The fraction of sp³-hybridized carbons (Fsp3) is 0.500. The molecule has 0 heterocycles. The van der Waals surface area contributed by atoms with Gasteiger partial charge in [0, 0.05) is 6.04 Å². The maximum atomic E-state index is 12.1. The average Bonchev–Trinajstić information content (AvgIpc) is 2.46. The highest BCUT2D eigenvalue weighted by atomic mass is 16.5. The van der Waals surface area contributed by atoms with Gasteiger partial charge in [0.15, 0.2) is 6.10 Å². The smallest absolute Gasteiger partial charge is 0.339 e. The molecular formula is C16H23NO4. The van der Waals surface area contributed by atoms with E-state index >= 15 is 0 Å². The summed E-state index contributed by atoms with van der Waals surface area (Å²) in [6.45, 7) is 7.39. The van der Waals surface area contributed by atoms with Crippen LogP contribution >= 0.6 is 0 Å². The predicted molar refractivity (Wildman–Crippen MR) is 80.7 cm³/mol. The molecule has 0 radical (unpaired) electrons. The monoisotopic (exact) mass is 293 g/mol. The number of aromatic carboxylic acids is 1. The molecule has 0 aliphatic rings. The molecule has 1 atom stereocenters. The van der Waals surface area contributed by atoms with Crippen LogP contribution in [0.3, 0.4) is 0 Å². The van der Waals surface area contributed by atoms with E-state index in [1.807, 2.05) is 13.8 Å². The topological polar surface area (TPSA) is 75.6 Å². The third kappa shape index (κ3) is 4.48. The molecule has 0 spiro atoms. The summed E-state index contributed by atoms with van der Waals surface area (Å²) in [7, 11) is 0. The van der Waals surface area contributed by atoms with Gasteiger partial charge in [-0.2, -0.15) is 0 Å². The van der Waals surface area contributed by atoms with Crippen LogP contribution in [0, 0.1) is 6.92 Å². The van der Waals surface area contributed by atoms with Gasteiger partial charge in [-0.25, -0.2) is 4.79 Å². The number of carboxylic acids is 1. The van der Waals surface area contributed by atoms with Crippen molar-refractivity contribution in [3.63, 3.8) is 0 Å². The van der Waals surface area contributed by atoms with Crippen molar-refractivity contribution < 1.29 is 19.4 Å². The predicted octanol–water partition coefficient (Wildman–Crippen LogP) is 2.77. The van der Waals surface area contributed by atoms with Gasteiger partial charge in [0.2, 0.25) is 0 Å². The van der Waals surface area contributed by atoms with Crippen molar-refractivity contribution in [1.82, 2.24) is 5.32 Å². The van der Waals surface area contributed by atoms with Crippen LogP contribution in [0.15, 0.2) is 18.2 Å². The molecule has 0 saturated carbocycles. The lowest BCUT2D eigenvalue weighted by molar-refractivity contribution is -0.128. The van der Waals surface area contributed by atoms with Crippen molar-refractivity contribution in [1.29, 1.82) is 0 Å². The van der Waals surface area contributed by atoms with E-state index in [2.05, 4.69) is 5.32 Å². The first kappa shape index (κ1) is 17.0. The highest BCUT2D eigenvalue weighted by Gasteiger charge is 2.21. The van der Waals surface area contributed by atoms with Crippen molar-refractivity contribution in [3.05, 3.63) is 29.3 Å². The Bertz CT molecular complexity index is 509. The second kappa shape index (κ2) is 7.67. The Morgan fingerprint density at radius 2 is 1.90 bits per heavy atom. The van der Waals surface area contributed by atoms with Gasteiger partial charge in [-0.1, -0.05) is 26.0 Å². The molecule has 1 aromatic carbocycles. The van der Waals surface area contributed by atoms with Crippen LogP contribution in [-0.2, 0) is 4.79 Å². The molecule has 1 unspecified atom stereocenters. The molecule has 0 aromatic heterocycles. The Hall–Kier alpha value is -2.04. The van der Waals surface area contributed by atoms with E-state index in [0.29, 0.717) is 5.56 Å². The summed E-state index contributed by atoms with van der Waals surface area (Å²) in [6.07, 6.45) is 0.948. The number of amides is 1. The maximum absolute atomic E-state index is 12.1. The molecule has 0 aliphatic heterocycles. The van der Waals surface area contributed by atoms with Crippen molar-refractivity contribution in [2.75, 3.05) is 0 Å². The third-order valence-electron chi connectivity index (χ3n) is 3.44. The van der Waals surface area contributed by atoms with E-state index in [-0.39, 0.29) is 23.3 Å². The van der Waals surface area contributed by atoms with Gasteiger partial charge in [0.05, 0.1) is 0 Å². The number of ether oxygens (including phenoxy) is 1. The molecule has 0 aliphatic carbocycles. The van der Waals surface area contributed by atoms with Crippen molar-refractivity contribution in [2.45, 2.75) is 52.7 Å². The number of rotatable bonds is 7. The maximum Gasteiger partial charge on any atom is 0.339 e. The Morgan fingerprint density at radius 3 is 2.43 bits per heavy atom. The van der Waals surface area contributed by atoms with Crippen LogP contribution in [0.4, 0.5) is 0 Å². The second-order valence-corrected chi connectivity index (χ2v) is 5.04. The van der Waals surface area contributed by atoms with Gasteiger partial charge >= 0.3 is 5.97 Å². The lowest BCUT2D eigenvalue weighted by atomic mass is 10.1. The SMILES string of the molecule is CCC(CC)NC(=O)C(C)Oc1c(C)cccc1C(=O)O. The Labute approximate surface area is 125 Å². The second-order valence-electron chi connectivity index (χ2n) is 5.04. The fourth-order valence-electron chi connectivity index (χ4n) is 2.02. The van der Waals surface area contributed by atoms with E-state index in [9.17, 15) is 14.7 Å². The Morgan fingerprint density at radius 1 is 1.29 bits per heavy atom. The molecule has 5 nitrogen and oxygen atoms in total. The first-order valence-corrected chi connectivity index (χ1v) is 7.20. The van der Waals surface area contributed by atoms with Gasteiger partial charge in [0.1, 0.15) is 11.3 Å². The summed E-state index contributed by atoms with van der Waals surface area (Å²) in [5.74, 6) is -1.05. The largest absolute Gasteiger partial charge is 0.480 e. The third-order valence-corrected chi connectivity index (χ3v) is 3.44. The molecule has 1 rings (SSSR count). The summed E-state index contributed by atoms with van der Waals surface area (Å²) in [5.41, 5.74) is 0.759. The van der Waals surface area contributed by atoms with Crippen LogP contribution < -0.4 is 10.1 Å². The van der Waals surface area contributed by atoms with Crippen LogP contribution in [0.2, 0.25) is 0 Å². The number of carboxylic acid groups (broad SMARTS) is 1. The number of carbonyl (C=O) groups is 2. The fourth-order valence-corrected chi connectivity index (χ4v) is 2.02. The summed E-state index contributed by atoms with van der Waals surface area (Å²) >= 11 is 0. The normalized spacial score (nSPS) is 12.0. The lowest BCUT2D eigenvalue weighted by Gasteiger charge is -2.21.